The van der Waals surface area contributed by atoms with E-state index in [-0.39, 0.29) is 44.2 Å². The standard InChI is InChI=1S/C19H20N4O2.BrH/c1-19(2,3)16-13(20-11-21-16)10-15-18(25)22-14(17(24)23-15)9-12-7-5-4-6-8-12;/h4-11H,1-3H3,(H,20,21)(H,22,25)(H,23,24);1H. The molecule has 0 unspecified atom stereocenters. The molecule has 3 N–H and O–H groups in total. The number of aromatic nitrogens is 4. The Bertz CT molecular complexity index is 1120. The second-order valence-electron chi connectivity index (χ2n) is 6.85. The molecule has 0 aliphatic heterocycles. The van der Waals surface area contributed by atoms with Gasteiger partial charge in [0.1, 0.15) is 10.7 Å². The van der Waals surface area contributed by atoms with Gasteiger partial charge in [0.25, 0.3) is 11.1 Å². The van der Waals surface area contributed by atoms with Crippen LogP contribution in [0.2, 0.25) is 0 Å². The highest BCUT2D eigenvalue weighted by Gasteiger charge is 2.19. The highest BCUT2D eigenvalue weighted by Crippen LogP contribution is 2.22. The Morgan fingerprint density at radius 1 is 0.923 bits per heavy atom. The number of hydrogen-bond donors (Lipinski definition) is 3. The third kappa shape index (κ3) is 4.29. The van der Waals surface area contributed by atoms with Gasteiger partial charge in [-0.2, -0.15) is 0 Å². The van der Waals surface area contributed by atoms with Crippen molar-refractivity contribution in [3.05, 3.63) is 85.0 Å². The molecule has 0 saturated heterocycles. The van der Waals surface area contributed by atoms with Gasteiger partial charge in [-0.25, -0.2) is 4.98 Å². The van der Waals surface area contributed by atoms with E-state index in [1.807, 2.05) is 51.1 Å². The van der Waals surface area contributed by atoms with Crippen LogP contribution in [0.1, 0.15) is 37.7 Å². The van der Waals surface area contributed by atoms with Gasteiger partial charge < -0.3 is 15.0 Å². The van der Waals surface area contributed by atoms with Gasteiger partial charge in [-0.05, 0) is 17.7 Å². The molecular formula is C19H21BrN4O2. The first kappa shape index (κ1) is 19.7. The molecule has 136 valence electrons. The normalized spacial score (nSPS) is 12.9. The average Bonchev–Trinajstić information content (AvgIpc) is 3.02. The van der Waals surface area contributed by atoms with E-state index in [0.29, 0.717) is 5.69 Å². The summed E-state index contributed by atoms with van der Waals surface area (Å²) < 4.78 is 0. The summed E-state index contributed by atoms with van der Waals surface area (Å²) in [5.74, 6) is 0. The van der Waals surface area contributed by atoms with Crippen LogP contribution < -0.4 is 21.8 Å². The molecule has 2 aromatic heterocycles. The lowest BCUT2D eigenvalue weighted by atomic mass is 9.90. The van der Waals surface area contributed by atoms with Crippen molar-refractivity contribution >= 4 is 29.1 Å². The van der Waals surface area contributed by atoms with Gasteiger partial charge in [0, 0.05) is 11.1 Å². The summed E-state index contributed by atoms with van der Waals surface area (Å²) in [6.07, 6.45) is 4.80. The molecule has 0 atom stereocenters. The Morgan fingerprint density at radius 3 is 2.08 bits per heavy atom. The van der Waals surface area contributed by atoms with Crippen LogP contribution in [-0.2, 0) is 5.41 Å². The van der Waals surface area contributed by atoms with Crippen molar-refractivity contribution in [1.82, 2.24) is 19.9 Å². The average molecular weight is 417 g/mol. The van der Waals surface area contributed by atoms with Crippen LogP contribution in [0.15, 0.2) is 46.2 Å². The van der Waals surface area contributed by atoms with E-state index < -0.39 is 0 Å². The van der Waals surface area contributed by atoms with Crippen LogP contribution in [0.4, 0.5) is 0 Å². The molecule has 6 nitrogen and oxygen atoms in total. The smallest absolute Gasteiger partial charge is 0.272 e. The van der Waals surface area contributed by atoms with E-state index >= 15 is 0 Å². The van der Waals surface area contributed by atoms with Crippen molar-refractivity contribution in [3.8, 4) is 0 Å². The Balaban J connectivity index is 0.00000243. The fraction of sp³-hybridized carbons (Fsp3) is 0.211. The first-order valence-corrected chi connectivity index (χ1v) is 7.99. The van der Waals surface area contributed by atoms with Crippen LogP contribution >= 0.6 is 17.0 Å². The second kappa shape index (κ2) is 7.70. The number of rotatable bonds is 2. The number of imidazole rings is 1. The van der Waals surface area contributed by atoms with Crippen molar-refractivity contribution in [3.63, 3.8) is 0 Å². The molecular weight excluding hydrogens is 396 g/mol. The van der Waals surface area contributed by atoms with Crippen molar-refractivity contribution < 1.29 is 0 Å². The Kier molecular flexibility index (Phi) is 5.82. The van der Waals surface area contributed by atoms with E-state index in [1.54, 1.807) is 18.5 Å². The maximum absolute atomic E-state index is 12.4. The SMILES string of the molecule is Br.CC(C)(C)c1[nH]cnc1C=c1[nH]c(=O)c(=Cc2ccccc2)[nH]c1=O. The van der Waals surface area contributed by atoms with E-state index in [1.165, 1.54) is 0 Å². The summed E-state index contributed by atoms with van der Waals surface area (Å²) in [6, 6.07) is 9.34. The summed E-state index contributed by atoms with van der Waals surface area (Å²) in [6.45, 7) is 6.13. The number of aromatic amines is 3. The van der Waals surface area contributed by atoms with Crippen molar-refractivity contribution in [1.29, 1.82) is 0 Å². The molecule has 3 aromatic rings. The summed E-state index contributed by atoms with van der Waals surface area (Å²) in [4.78, 5) is 37.3. The number of nitrogens with zero attached hydrogens (tertiary/aromatic N) is 1. The number of nitrogens with one attached hydrogen (secondary N) is 3. The van der Waals surface area contributed by atoms with Crippen LogP contribution in [0.25, 0.3) is 12.2 Å². The van der Waals surface area contributed by atoms with Gasteiger partial charge in [-0.3, -0.25) is 9.59 Å². The zero-order valence-electron chi connectivity index (χ0n) is 14.8. The van der Waals surface area contributed by atoms with Gasteiger partial charge in [0.15, 0.2) is 0 Å². The summed E-state index contributed by atoms with van der Waals surface area (Å²) in [5, 5.41) is 0.388. The minimum absolute atomic E-state index is 0. The number of halogens is 1. The molecule has 26 heavy (non-hydrogen) atoms. The zero-order valence-corrected chi connectivity index (χ0v) is 16.5. The lowest BCUT2D eigenvalue weighted by Crippen LogP contribution is -2.46. The minimum atomic E-state index is -0.371. The molecule has 0 aliphatic rings. The first-order valence-electron chi connectivity index (χ1n) is 7.99. The fourth-order valence-corrected chi connectivity index (χ4v) is 2.56. The summed E-state index contributed by atoms with van der Waals surface area (Å²) >= 11 is 0. The van der Waals surface area contributed by atoms with Crippen molar-refractivity contribution in [2.24, 2.45) is 0 Å². The lowest BCUT2D eigenvalue weighted by Gasteiger charge is -2.16. The number of benzene rings is 1. The largest absolute Gasteiger partial charge is 0.348 e. The van der Waals surface area contributed by atoms with E-state index in [9.17, 15) is 9.59 Å². The Labute approximate surface area is 160 Å². The number of hydrogen-bond acceptors (Lipinski definition) is 3. The van der Waals surface area contributed by atoms with Crippen molar-refractivity contribution in [2.75, 3.05) is 0 Å². The molecule has 0 spiro atoms. The second-order valence-corrected chi connectivity index (χ2v) is 6.85. The van der Waals surface area contributed by atoms with Gasteiger partial charge in [0.05, 0.1) is 12.0 Å². The number of H-pyrrole nitrogens is 3. The molecule has 0 amide bonds. The van der Waals surface area contributed by atoms with Gasteiger partial charge in [0.2, 0.25) is 0 Å². The fourth-order valence-electron chi connectivity index (χ4n) is 2.56. The molecule has 0 radical (unpaired) electrons. The van der Waals surface area contributed by atoms with Crippen LogP contribution in [0.3, 0.4) is 0 Å². The minimum Gasteiger partial charge on any atom is -0.348 e. The maximum atomic E-state index is 12.4. The summed E-state index contributed by atoms with van der Waals surface area (Å²) in [5.41, 5.74) is 1.48. The molecule has 0 bridgehead atoms. The van der Waals surface area contributed by atoms with Gasteiger partial charge in [-0.15, -0.1) is 17.0 Å². The molecule has 1 aromatic carbocycles. The van der Waals surface area contributed by atoms with E-state index in [4.69, 9.17) is 0 Å². The molecule has 2 heterocycles. The van der Waals surface area contributed by atoms with Crippen LogP contribution in [-0.4, -0.2) is 19.9 Å². The molecule has 0 aliphatic carbocycles. The summed E-state index contributed by atoms with van der Waals surface area (Å²) in [7, 11) is 0. The predicted octanol–water partition coefficient (Wildman–Crippen LogP) is 1.32. The van der Waals surface area contributed by atoms with Gasteiger partial charge in [-0.1, -0.05) is 51.1 Å². The third-order valence-electron chi connectivity index (χ3n) is 3.80. The Hall–Kier alpha value is -2.67. The zero-order chi connectivity index (χ0) is 18.0. The van der Waals surface area contributed by atoms with Gasteiger partial charge >= 0.3 is 0 Å². The molecule has 3 rings (SSSR count). The third-order valence-corrected chi connectivity index (χ3v) is 3.80. The highest BCUT2D eigenvalue weighted by atomic mass is 79.9. The molecule has 0 fully saturated rings. The van der Waals surface area contributed by atoms with Crippen molar-refractivity contribution in [2.45, 2.75) is 26.2 Å². The first-order chi connectivity index (χ1) is 11.8. The quantitative estimate of drug-likeness (QED) is 0.587. The van der Waals surface area contributed by atoms with Crippen LogP contribution in [0, 0.1) is 0 Å². The monoisotopic (exact) mass is 416 g/mol. The molecule has 7 heteroatoms. The predicted molar refractivity (Wildman–Crippen MR) is 108 cm³/mol. The van der Waals surface area contributed by atoms with Crippen LogP contribution in [0.5, 0.6) is 0 Å². The highest BCUT2D eigenvalue weighted by molar-refractivity contribution is 8.93. The topological polar surface area (TPSA) is 94.4 Å². The molecule has 0 saturated carbocycles. The van der Waals surface area contributed by atoms with E-state index in [0.717, 1.165) is 11.3 Å². The Morgan fingerprint density at radius 2 is 1.50 bits per heavy atom. The lowest BCUT2D eigenvalue weighted by molar-refractivity contribution is 0.571. The van der Waals surface area contributed by atoms with E-state index in [2.05, 4.69) is 19.9 Å². The maximum Gasteiger partial charge on any atom is 0.272 e.